The van der Waals surface area contributed by atoms with Crippen LogP contribution in [0.3, 0.4) is 0 Å². The van der Waals surface area contributed by atoms with Gasteiger partial charge in [-0.1, -0.05) is 0 Å². The molecule has 0 spiro atoms. The van der Waals surface area contributed by atoms with Gasteiger partial charge in [-0.05, 0) is 6.08 Å². The zero-order valence-corrected chi connectivity index (χ0v) is 10.1. The van der Waals surface area contributed by atoms with Gasteiger partial charge in [-0.25, -0.2) is 4.79 Å². The highest BCUT2D eigenvalue weighted by Crippen LogP contribution is 2.37. The second-order valence-electron chi connectivity index (χ2n) is 3.51. The van der Waals surface area contributed by atoms with Crippen LogP contribution in [0.5, 0.6) is 0 Å². The number of alkyl halides is 1. The van der Waals surface area contributed by atoms with E-state index in [1.807, 2.05) is 0 Å². The standard InChI is InChI=1S/C9H9ClN2O4S/c10-3-5(13)11-6-7(14)12-4(9(15)16)1-2-17-8(6)12/h1,6,8H,2-3H2,(H,11,13)(H,15,16)/t6?,8-/m0/s1. The number of rotatable bonds is 3. The van der Waals surface area contributed by atoms with Gasteiger partial charge >= 0.3 is 5.97 Å². The van der Waals surface area contributed by atoms with Gasteiger partial charge in [-0.2, -0.15) is 0 Å². The first-order valence-corrected chi connectivity index (χ1v) is 6.38. The molecule has 1 unspecified atom stereocenters. The van der Waals surface area contributed by atoms with Crippen LogP contribution in [0, 0.1) is 0 Å². The summed E-state index contributed by atoms with van der Waals surface area (Å²) in [7, 11) is 0. The zero-order valence-electron chi connectivity index (χ0n) is 8.55. The monoisotopic (exact) mass is 276 g/mol. The minimum absolute atomic E-state index is 0.0184. The maximum atomic E-state index is 11.7. The van der Waals surface area contributed by atoms with E-state index in [2.05, 4.69) is 5.32 Å². The molecule has 1 saturated heterocycles. The first kappa shape index (κ1) is 12.3. The number of thioether (sulfide) groups is 1. The van der Waals surface area contributed by atoms with Gasteiger partial charge in [-0.15, -0.1) is 23.4 Å². The first-order valence-electron chi connectivity index (χ1n) is 4.79. The van der Waals surface area contributed by atoms with Gasteiger partial charge in [0.2, 0.25) is 5.91 Å². The Morgan fingerprint density at radius 2 is 2.35 bits per heavy atom. The maximum Gasteiger partial charge on any atom is 0.352 e. The van der Waals surface area contributed by atoms with Crippen LogP contribution in [0.4, 0.5) is 0 Å². The fourth-order valence-corrected chi connectivity index (χ4v) is 3.02. The Balaban J connectivity index is 2.11. The van der Waals surface area contributed by atoms with Crippen LogP contribution in [0.25, 0.3) is 0 Å². The molecule has 17 heavy (non-hydrogen) atoms. The summed E-state index contributed by atoms with van der Waals surface area (Å²) in [6.45, 7) is 0. The fourth-order valence-electron chi connectivity index (χ4n) is 1.75. The summed E-state index contributed by atoms with van der Waals surface area (Å²) in [6, 6.07) is -0.672. The van der Waals surface area contributed by atoms with Crippen molar-refractivity contribution >= 4 is 41.1 Å². The van der Waals surface area contributed by atoms with E-state index in [0.717, 1.165) is 0 Å². The van der Waals surface area contributed by atoms with Crippen molar-refractivity contribution in [2.75, 3.05) is 11.6 Å². The number of nitrogens with one attached hydrogen (secondary N) is 1. The molecule has 0 aromatic carbocycles. The Labute approximate surface area is 106 Å². The summed E-state index contributed by atoms with van der Waals surface area (Å²) in [5.74, 6) is -1.69. The summed E-state index contributed by atoms with van der Waals surface area (Å²) in [6.07, 6.45) is 1.49. The third-order valence-corrected chi connectivity index (χ3v) is 3.93. The number of carboxylic acids is 1. The number of carbonyl (C=O) groups is 3. The molecule has 0 radical (unpaired) electrons. The van der Waals surface area contributed by atoms with Crippen molar-refractivity contribution in [1.82, 2.24) is 10.2 Å². The van der Waals surface area contributed by atoms with Crippen LogP contribution >= 0.6 is 23.4 Å². The normalized spacial score (nSPS) is 26.8. The van der Waals surface area contributed by atoms with Gasteiger partial charge < -0.3 is 10.4 Å². The molecule has 2 amide bonds. The molecule has 2 heterocycles. The second-order valence-corrected chi connectivity index (χ2v) is 4.92. The number of hydrogen-bond acceptors (Lipinski definition) is 4. The van der Waals surface area contributed by atoms with Crippen molar-refractivity contribution in [1.29, 1.82) is 0 Å². The van der Waals surface area contributed by atoms with Crippen LogP contribution in [0.1, 0.15) is 0 Å². The summed E-state index contributed by atoms with van der Waals surface area (Å²) >= 11 is 6.74. The number of hydrogen-bond donors (Lipinski definition) is 2. The van der Waals surface area contributed by atoms with Crippen molar-refractivity contribution < 1.29 is 19.5 Å². The largest absolute Gasteiger partial charge is 0.477 e. The minimum atomic E-state index is -1.13. The molecular formula is C9H9ClN2O4S. The lowest BCUT2D eigenvalue weighted by Crippen LogP contribution is -2.70. The van der Waals surface area contributed by atoms with Crippen molar-refractivity contribution in [2.45, 2.75) is 11.4 Å². The van der Waals surface area contributed by atoms with E-state index in [4.69, 9.17) is 16.7 Å². The summed E-state index contributed by atoms with van der Waals surface area (Å²) < 4.78 is 0. The minimum Gasteiger partial charge on any atom is -0.477 e. The number of halogens is 1. The van der Waals surface area contributed by atoms with E-state index >= 15 is 0 Å². The Hall–Kier alpha value is -1.21. The average molecular weight is 277 g/mol. The number of nitrogens with zero attached hydrogens (tertiary/aromatic N) is 1. The van der Waals surface area contributed by atoms with Crippen molar-refractivity contribution in [3.8, 4) is 0 Å². The summed E-state index contributed by atoms with van der Waals surface area (Å²) in [5.41, 5.74) is -0.0184. The molecule has 1 fully saturated rings. The molecule has 8 heteroatoms. The number of fused-ring (bicyclic) bond motifs is 1. The van der Waals surface area contributed by atoms with E-state index in [9.17, 15) is 14.4 Å². The van der Waals surface area contributed by atoms with Crippen LogP contribution in [0.15, 0.2) is 11.8 Å². The Morgan fingerprint density at radius 3 is 2.94 bits per heavy atom. The van der Waals surface area contributed by atoms with Crippen molar-refractivity contribution in [3.05, 3.63) is 11.8 Å². The molecule has 92 valence electrons. The quantitative estimate of drug-likeness (QED) is 0.541. The highest BCUT2D eigenvalue weighted by molar-refractivity contribution is 8.00. The SMILES string of the molecule is O=C(CCl)NC1C(=O)N2C(C(=O)O)=CCS[C@@H]12. The van der Waals surface area contributed by atoms with Gasteiger partial charge in [0.05, 0.1) is 0 Å². The molecule has 0 saturated carbocycles. The van der Waals surface area contributed by atoms with Crippen LogP contribution in [0.2, 0.25) is 0 Å². The smallest absolute Gasteiger partial charge is 0.352 e. The summed E-state index contributed by atoms with van der Waals surface area (Å²) in [5, 5.41) is 11.0. The molecule has 2 aliphatic rings. The predicted molar refractivity (Wildman–Crippen MR) is 61.5 cm³/mol. The van der Waals surface area contributed by atoms with E-state index in [0.29, 0.717) is 5.75 Å². The van der Waals surface area contributed by atoms with E-state index in [1.165, 1.54) is 22.7 Å². The second kappa shape index (κ2) is 4.58. The van der Waals surface area contributed by atoms with Crippen LogP contribution in [-0.2, 0) is 14.4 Å². The molecule has 0 aromatic rings. The Bertz CT molecular complexity index is 425. The lowest BCUT2D eigenvalue weighted by atomic mass is 10.1. The molecule has 2 N–H and O–H groups in total. The van der Waals surface area contributed by atoms with Gasteiger partial charge in [-0.3, -0.25) is 14.5 Å². The zero-order chi connectivity index (χ0) is 12.6. The van der Waals surface area contributed by atoms with E-state index in [-0.39, 0.29) is 17.0 Å². The molecular weight excluding hydrogens is 268 g/mol. The molecule has 0 aliphatic carbocycles. The first-order chi connectivity index (χ1) is 8.06. The summed E-state index contributed by atoms with van der Waals surface area (Å²) in [4.78, 5) is 34.9. The maximum absolute atomic E-state index is 11.7. The number of carboxylic acid groups (broad SMARTS) is 1. The molecule has 2 rings (SSSR count). The number of aliphatic carboxylic acids is 1. The number of β-lactam (4-membered cyclic amide) rings is 1. The highest BCUT2D eigenvalue weighted by atomic mass is 35.5. The van der Waals surface area contributed by atoms with Crippen LogP contribution in [-0.4, -0.2) is 50.8 Å². The lowest BCUT2D eigenvalue weighted by molar-refractivity contribution is -0.150. The van der Waals surface area contributed by atoms with E-state index < -0.39 is 23.8 Å². The highest BCUT2D eigenvalue weighted by Gasteiger charge is 2.52. The van der Waals surface area contributed by atoms with Gasteiger partial charge in [0.1, 0.15) is 23.0 Å². The van der Waals surface area contributed by atoms with Crippen molar-refractivity contribution in [2.24, 2.45) is 0 Å². The lowest BCUT2D eigenvalue weighted by Gasteiger charge is -2.48. The van der Waals surface area contributed by atoms with Gasteiger partial charge in [0.15, 0.2) is 0 Å². The van der Waals surface area contributed by atoms with Crippen LogP contribution < -0.4 is 5.32 Å². The van der Waals surface area contributed by atoms with E-state index in [1.54, 1.807) is 0 Å². The number of carbonyl (C=O) groups excluding carboxylic acids is 2. The molecule has 0 bridgehead atoms. The fraction of sp³-hybridized carbons (Fsp3) is 0.444. The average Bonchev–Trinajstić information content (AvgIpc) is 2.34. The third-order valence-electron chi connectivity index (χ3n) is 2.50. The molecule has 6 nitrogen and oxygen atoms in total. The third kappa shape index (κ3) is 2.00. The Morgan fingerprint density at radius 1 is 1.65 bits per heavy atom. The topological polar surface area (TPSA) is 86.7 Å². The number of amides is 2. The van der Waals surface area contributed by atoms with Gasteiger partial charge in [0, 0.05) is 5.75 Å². The van der Waals surface area contributed by atoms with Crippen molar-refractivity contribution in [3.63, 3.8) is 0 Å². The molecule has 2 atom stereocenters. The van der Waals surface area contributed by atoms with Gasteiger partial charge in [0.25, 0.3) is 5.91 Å². The predicted octanol–water partition coefficient (Wildman–Crippen LogP) is -0.406. The molecule has 0 aromatic heterocycles. The molecule has 2 aliphatic heterocycles. The Kier molecular flexibility index (Phi) is 3.30.